The molecule has 0 bridgehead atoms. The standard InChI is InChI=1S/C11H11ClO2/c1-8-6-9(11(14)4-5-12)2-3-10(8)7-13/h2-3,6-7H,4-5H2,1H3. The molecule has 0 aliphatic carbocycles. The molecule has 14 heavy (non-hydrogen) atoms. The first-order valence-electron chi connectivity index (χ1n) is 4.34. The molecule has 0 radical (unpaired) electrons. The van der Waals surface area contributed by atoms with Gasteiger partial charge >= 0.3 is 0 Å². The van der Waals surface area contributed by atoms with Crippen molar-refractivity contribution >= 4 is 23.7 Å². The van der Waals surface area contributed by atoms with E-state index in [9.17, 15) is 9.59 Å². The van der Waals surface area contributed by atoms with Gasteiger partial charge in [0.2, 0.25) is 0 Å². The molecule has 0 aliphatic heterocycles. The number of halogens is 1. The summed E-state index contributed by atoms with van der Waals surface area (Å²) in [6.07, 6.45) is 1.12. The number of alkyl halides is 1. The summed E-state index contributed by atoms with van der Waals surface area (Å²) in [5.74, 6) is 0.341. The first kappa shape index (κ1) is 10.9. The third-order valence-corrected chi connectivity index (χ3v) is 2.23. The van der Waals surface area contributed by atoms with Crippen LogP contribution in [0.4, 0.5) is 0 Å². The molecular formula is C11H11ClO2. The van der Waals surface area contributed by atoms with E-state index in [1.165, 1.54) is 0 Å². The third kappa shape index (κ3) is 2.42. The van der Waals surface area contributed by atoms with Gasteiger partial charge in [-0.25, -0.2) is 0 Å². The quantitative estimate of drug-likeness (QED) is 0.435. The van der Waals surface area contributed by atoms with Crippen molar-refractivity contribution in [1.82, 2.24) is 0 Å². The molecule has 0 saturated carbocycles. The summed E-state index contributed by atoms with van der Waals surface area (Å²) in [6.45, 7) is 1.81. The molecule has 0 aliphatic rings. The van der Waals surface area contributed by atoms with E-state index in [0.717, 1.165) is 11.8 Å². The van der Waals surface area contributed by atoms with Gasteiger partial charge in [-0.3, -0.25) is 9.59 Å². The number of benzene rings is 1. The van der Waals surface area contributed by atoms with Gasteiger partial charge in [0.05, 0.1) is 0 Å². The smallest absolute Gasteiger partial charge is 0.164 e. The zero-order chi connectivity index (χ0) is 10.6. The summed E-state index contributed by atoms with van der Waals surface area (Å²) in [5.41, 5.74) is 2.06. The molecule has 0 amide bonds. The SMILES string of the molecule is Cc1cc(C(=O)CCCl)ccc1C=O. The van der Waals surface area contributed by atoms with E-state index in [2.05, 4.69) is 0 Å². The van der Waals surface area contributed by atoms with Crippen molar-refractivity contribution in [2.24, 2.45) is 0 Å². The Hall–Kier alpha value is -1.15. The van der Waals surface area contributed by atoms with Gasteiger partial charge in [-0.1, -0.05) is 12.1 Å². The number of aldehydes is 1. The Balaban J connectivity index is 2.96. The number of rotatable bonds is 4. The first-order chi connectivity index (χ1) is 6.69. The Morgan fingerprint density at radius 3 is 2.71 bits per heavy atom. The minimum atomic E-state index is 0.0144. The number of hydrogen-bond donors (Lipinski definition) is 0. The molecule has 0 saturated heterocycles. The van der Waals surface area contributed by atoms with Gasteiger partial charge in [0, 0.05) is 23.4 Å². The second-order valence-electron chi connectivity index (χ2n) is 3.05. The van der Waals surface area contributed by atoms with Crippen LogP contribution < -0.4 is 0 Å². The van der Waals surface area contributed by atoms with Crippen molar-refractivity contribution in [3.05, 3.63) is 34.9 Å². The number of ketones is 1. The summed E-state index contributed by atoms with van der Waals surface area (Å²) in [7, 11) is 0. The molecule has 1 aromatic carbocycles. The highest BCUT2D eigenvalue weighted by molar-refractivity contribution is 6.19. The van der Waals surface area contributed by atoms with Crippen molar-refractivity contribution in [3.8, 4) is 0 Å². The van der Waals surface area contributed by atoms with Gasteiger partial charge in [-0.15, -0.1) is 11.6 Å². The topological polar surface area (TPSA) is 34.1 Å². The van der Waals surface area contributed by atoms with Crippen LogP contribution in [-0.2, 0) is 0 Å². The molecule has 0 atom stereocenters. The van der Waals surface area contributed by atoms with E-state index in [1.807, 2.05) is 0 Å². The van der Waals surface area contributed by atoms with Crippen LogP contribution >= 0.6 is 11.6 Å². The fourth-order valence-corrected chi connectivity index (χ4v) is 1.38. The molecule has 2 nitrogen and oxygen atoms in total. The summed E-state index contributed by atoms with van der Waals surface area (Å²) in [5, 5.41) is 0. The number of aryl methyl sites for hydroxylation is 1. The molecule has 0 unspecified atom stereocenters. The number of carbonyl (C=O) groups excluding carboxylic acids is 2. The van der Waals surface area contributed by atoms with E-state index in [1.54, 1.807) is 25.1 Å². The Bertz CT molecular complexity index is 358. The first-order valence-corrected chi connectivity index (χ1v) is 4.87. The summed E-state index contributed by atoms with van der Waals surface area (Å²) < 4.78 is 0. The van der Waals surface area contributed by atoms with Crippen molar-refractivity contribution < 1.29 is 9.59 Å². The van der Waals surface area contributed by atoms with Crippen LogP contribution in [0.15, 0.2) is 18.2 Å². The number of Topliss-reactive ketones (excluding diaryl/α,β-unsaturated/α-hetero) is 1. The van der Waals surface area contributed by atoms with Crippen molar-refractivity contribution in [3.63, 3.8) is 0 Å². The van der Waals surface area contributed by atoms with Crippen LogP contribution in [0.25, 0.3) is 0 Å². The second-order valence-corrected chi connectivity index (χ2v) is 3.43. The van der Waals surface area contributed by atoms with Crippen molar-refractivity contribution in [2.45, 2.75) is 13.3 Å². The Kier molecular flexibility index (Phi) is 3.84. The lowest BCUT2D eigenvalue weighted by Crippen LogP contribution is -2.01. The van der Waals surface area contributed by atoms with Gasteiger partial charge in [0.1, 0.15) is 6.29 Å². The lowest BCUT2D eigenvalue weighted by molar-refractivity contribution is 0.0988. The summed E-state index contributed by atoms with van der Waals surface area (Å²) in [4.78, 5) is 22.0. The molecule has 0 spiro atoms. The predicted octanol–water partition coefficient (Wildman–Crippen LogP) is 2.62. The van der Waals surface area contributed by atoms with Crippen LogP contribution in [0.1, 0.15) is 32.7 Å². The van der Waals surface area contributed by atoms with Crippen molar-refractivity contribution in [1.29, 1.82) is 0 Å². The summed E-state index contributed by atoms with van der Waals surface area (Å²) >= 11 is 5.47. The monoisotopic (exact) mass is 210 g/mol. The highest BCUT2D eigenvalue weighted by Crippen LogP contribution is 2.11. The maximum atomic E-state index is 11.4. The Labute approximate surface area is 87.9 Å². The van der Waals surface area contributed by atoms with Crippen LogP contribution in [0.3, 0.4) is 0 Å². The minimum Gasteiger partial charge on any atom is -0.298 e. The molecule has 0 aromatic heterocycles. The molecule has 0 N–H and O–H groups in total. The number of hydrogen-bond acceptors (Lipinski definition) is 2. The fourth-order valence-electron chi connectivity index (χ4n) is 1.21. The Morgan fingerprint density at radius 2 is 2.21 bits per heavy atom. The van der Waals surface area contributed by atoms with E-state index in [0.29, 0.717) is 23.4 Å². The summed E-state index contributed by atoms with van der Waals surface area (Å²) in [6, 6.07) is 5.04. The molecule has 0 fully saturated rings. The average Bonchev–Trinajstić information content (AvgIpc) is 2.18. The van der Waals surface area contributed by atoms with Crippen LogP contribution in [-0.4, -0.2) is 17.9 Å². The van der Waals surface area contributed by atoms with E-state index in [4.69, 9.17) is 11.6 Å². The highest BCUT2D eigenvalue weighted by Gasteiger charge is 2.06. The highest BCUT2D eigenvalue weighted by atomic mass is 35.5. The number of carbonyl (C=O) groups is 2. The van der Waals surface area contributed by atoms with E-state index in [-0.39, 0.29) is 5.78 Å². The van der Waals surface area contributed by atoms with Gasteiger partial charge in [-0.05, 0) is 18.6 Å². The normalized spacial score (nSPS) is 9.86. The molecule has 0 heterocycles. The van der Waals surface area contributed by atoms with E-state index >= 15 is 0 Å². The predicted molar refractivity (Wildman–Crippen MR) is 56.2 cm³/mol. The Morgan fingerprint density at radius 1 is 1.50 bits per heavy atom. The zero-order valence-corrected chi connectivity index (χ0v) is 8.67. The molecule has 3 heteroatoms. The lowest BCUT2D eigenvalue weighted by Gasteiger charge is -2.02. The van der Waals surface area contributed by atoms with Crippen LogP contribution in [0.2, 0.25) is 0 Å². The zero-order valence-electron chi connectivity index (χ0n) is 7.92. The van der Waals surface area contributed by atoms with Crippen molar-refractivity contribution in [2.75, 3.05) is 5.88 Å². The molecule has 1 rings (SSSR count). The molecular weight excluding hydrogens is 200 g/mol. The van der Waals surface area contributed by atoms with Gasteiger partial charge in [0.15, 0.2) is 5.78 Å². The lowest BCUT2D eigenvalue weighted by atomic mass is 10.0. The largest absolute Gasteiger partial charge is 0.298 e. The van der Waals surface area contributed by atoms with Crippen LogP contribution in [0, 0.1) is 6.92 Å². The average molecular weight is 211 g/mol. The van der Waals surface area contributed by atoms with Gasteiger partial charge < -0.3 is 0 Å². The maximum Gasteiger partial charge on any atom is 0.164 e. The third-order valence-electron chi connectivity index (χ3n) is 2.04. The fraction of sp³-hybridized carbons (Fsp3) is 0.273. The minimum absolute atomic E-state index is 0.0144. The van der Waals surface area contributed by atoms with E-state index < -0.39 is 0 Å². The maximum absolute atomic E-state index is 11.4. The molecule has 74 valence electrons. The van der Waals surface area contributed by atoms with Gasteiger partial charge in [0.25, 0.3) is 0 Å². The van der Waals surface area contributed by atoms with Crippen LogP contribution in [0.5, 0.6) is 0 Å². The second kappa shape index (κ2) is 4.91. The van der Waals surface area contributed by atoms with Gasteiger partial charge in [-0.2, -0.15) is 0 Å². The molecule has 1 aromatic rings.